The number of hydrogen-bond acceptors (Lipinski definition) is 9. The first kappa shape index (κ1) is 29.6. The maximum Gasteiger partial charge on any atom is 1.00 e. The summed E-state index contributed by atoms with van der Waals surface area (Å²) in [5.74, 6) is -4.52. The molecule has 14 heteroatoms. The Morgan fingerprint density at radius 3 is 2.38 bits per heavy atom. The number of aliphatic carboxylic acids is 1. The van der Waals surface area contributed by atoms with Crippen LogP contribution in [0.2, 0.25) is 0 Å². The van der Waals surface area contributed by atoms with E-state index in [1.54, 1.807) is 56.3 Å². The molecule has 1 aromatic heterocycles. The summed E-state index contributed by atoms with van der Waals surface area (Å²) in [7, 11) is 0. The molecule has 0 radical (unpaired) electrons. The summed E-state index contributed by atoms with van der Waals surface area (Å²) in [4.78, 5) is 77.2. The zero-order valence-corrected chi connectivity index (χ0v) is 24.6. The van der Waals surface area contributed by atoms with Gasteiger partial charge in [0.05, 0.1) is 17.4 Å². The van der Waals surface area contributed by atoms with E-state index in [-0.39, 0.29) is 40.5 Å². The van der Waals surface area contributed by atoms with Gasteiger partial charge in [-0.15, -0.1) is 11.8 Å². The number of aromatic nitrogens is 1. The summed E-state index contributed by atoms with van der Waals surface area (Å²) in [6.07, 6.45) is 0. The number of nitrogens with zero attached hydrogens (tertiary/aromatic N) is 2. The van der Waals surface area contributed by atoms with Crippen LogP contribution in [0.15, 0.2) is 68.6 Å². The normalized spacial score (nSPS) is 21.5. The van der Waals surface area contributed by atoms with Crippen LogP contribution in [0, 0.1) is 0 Å². The van der Waals surface area contributed by atoms with Crippen molar-refractivity contribution in [1.29, 1.82) is 0 Å². The maximum absolute atomic E-state index is 13.4. The van der Waals surface area contributed by atoms with Gasteiger partial charge in [0.25, 0.3) is 5.56 Å². The van der Waals surface area contributed by atoms with Gasteiger partial charge in [0.1, 0.15) is 29.6 Å². The van der Waals surface area contributed by atoms with Crippen molar-refractivity contribution in [2.45, 2.75) is 48.6 Å². The molecule has 2 aliphatic rings. The van der Waals surface area contributed by atoms with Crippen LogP contribution in [-0.4, -0.2) is 55.4 Å². The van der Waals surface area contributed by atoms with Crippen LogP contribution >= 0.6 is 11.8 Å². The quantitative estimate of drug-likeness (QED) is 0.212. The summed E-state index contributed by atoms with van der Waals surface area (Å²) >= 11 is 1.23. The minimum atomic E-state index is -1.38. The van der Waals surface area contributed by atoms with E-state index in [1.165, 1.54) is 28.8 Å². The third-order valence-corrected chi connectivity index (χ3v) is 8.32. The minimum absolute atomic E-state index is 0. The molecule has 5 rings (SSSR count). The average molecular weight is 575 g/mol. The molecule has 2 aromatic carbocycles. The van der Waals surface area contributed by atoms with Gasteiger partial charge in [-0.3, -0.25) is 19.2 Å². The van der Waals surface area contributed by atoms with E-state index in [2.05, 4.69) is 10.6 Å². The minimum Gasteiger partial charge on any atom is -0.548 e. The molecule has 202 valence electrons. The van der Waals surface area contributed by atoms with Crippen molar-refractivity contribution in [2.24, 2.45) is 0 Å². The Kier molecular flexibility index (Phi) is 8.31. The average Bonchev–Trinajstić information content (AvgIpc) is 3.16. The molecule has 12 nitrogen and oxygen atoms in total. The molecule has 40 heavy (non-hydrogen) atoms. The van der Waals surface area contributed by atoms with Crippen molar-refractivity contribution in [3.8, 4) is 0 Å². The fourth-order valence-electron chi connectivity index (χ4n) is 4.91. The van der Waals surface area contributed by atoms with Gasteiger partial charge >= 0.3 is 35.3 Å². The van der Waals surface area contributed by atoms with E-state index in [1.807, 2.05) is 0 Å². The Labute approximate surface area is 253 Å². The van der Waals surface area contributed by atoms with Crippen LogP contribution < -0.4 is 56.6 Å². The number of carbonyl (C=O) groups is 4. The Morgan fingerprint density at radius 2 is 1.70 bits per heavy atom. The number of rotatable bonds is 7. The molecule has 2 saturated heterocycles. The van der Waals surface area contributed by atoms with E-state index in [0.717, 1.165) is 0 Å². The summed E-state index contributed by atoms with van der Waals surface area (Å²) in [6.45, 7) is 2.65. The molecule has 0 aliphatic carbocycles. The van der Waals surface area contributed by atoms with Crippen LogP contribution in [0.1, 0.15) is 25.5 Å². The number of β-lactam (4-membered cyclic amide) rings is 1. The van der Waals surface area contributed by atoms with Crippen molar-refractivity contribution < 1.29 is 58.3 Å². The van der Waals surface area contributed by atoms with Crippen molar-refractivity contribution in [3.63, 3.8) is 0 Å². The zero-order chi connectivity index (χ0) is 28.1. The first-order valence-electron chi connectivity index (χ1n) is 12.0. The van der Waals surface area contributed by atoms with Crippen LogP contribution in [0.4, 0.5) is 0 Å². The van der Waals surface area contributed by atoms with Gasteiger partial charge in [0.15, 0.2) is 0 Å². The number of hydrogen-bond donors (Lipinski definition) is 2. The molecule has 2 N–H and O–H groups in total. The molecule has 0 saturated carbocycles. The standard InChI is InChI=1S/C26H24N4O8S.Na/c1-26(2)19(24(35)36)30-22(34)18(23(30)39-26)28-20(32)17(13-8-4-3-5-9-13)27-16(31)12-29-21(33)14-10-6-7-11-15(14)38-25(29)37;/h3-11,17-19,23H,12H2,1-2H3,(H,27,31)(H,28,32)(H,35,36);/q;+1/p-1/t17-,18-,19+,23-;/m1./s1. The van der Waals surface area contributed by atoms with E-state index < -0.39 is 69.8 Å². The number of carbonyl (C=O) groups excluding carboxylic acids is 4. The van der Waals surface area contributed by atoms with Gasteiger partial charge in [-0.25, -0.2) is 9.36 Å². The third-order valence-electron chi connectivity index (χ3n) is 6.74. The molecule has 2 fully saturated rings. The Hall–Kier alpha value is -3.39. The Morgan fingerprint density at radius 1 is 1.05 bits per heavy atom. The first-order valence-corrected chi connectivity index (χ1v) is 12.9. The molecular weight excluding hydrogens is 551 g/mol. The number of amides is 3. The predicted octanol–water partition coefficient (Wildman–Crippen LogP) is -3.89. The fraction of sp³-hybridized carbons (Fsp3) is 0.308. The van der Waals surface area contributed by atoms with Gasteiger partial charge in [-0.2, -0.15) is 0 Å². The van der Waals surface area contributed by atoms with Gasteiger partial charge in [0, 0.05) is 4.75 Å². The smallest absolute Gasteiger partial charge is 0.548 e. The number of nitrogens with one attached hydrogen (secondary N) is 2. The number of para-hydroxylation sites is 1. The predicted molar refractivity (Wildman–Crippen MR) is 137 cm³/mol. The molecule has 4 atom stereocenters. The molecule has 0 spiro atoms. The number of benzene rings is 2. The third kappa shape index (κ3) is 5.21. The van der Waals surface area contributed by atoms with Crippen LogP contribution in [0.3, 0.4) is 0 Å². The van der Waals surface area contributed by atoms with E-state index in [9.17, 15) is 33.9 Å². The summed E-state index contributed by atoms with van der Waals surface area (Å²) in [5, 5.41) is 16.3. The van der Waals surface area contributed by atoms with E-state index in [0.29, 0.717) is 10.1 Å². The number of carboxylic acids is 1. The number of carboxylic acid groups (broad SMARTS) is 1. The maximum atomic E-state index is 13.4. The molecular formula is C26H23N4NaO8S. The number of thioether (sulfide) groups is 1. The zero-order valence-electron chi connectivity index (χ0n) is 21.8. The topological polar surface area (TPSA) is 171 Å². The van der Waals surface area contributed by atoms with Crippen molar-refractivity contribution in [3.05, 3.63) is 81.1 Å². The monoisotopic (exact) mass is 574 g/mol. The van der Waals surface area contributed by atoms with Gasteiger partial charge < -0.3 is 29.9 Å². The van der Waals surface area contributed by atoms with Gasteiger partial charge in [-0.1, -0.05) is 42.5 Å². The summed E-state index contributed by atoms with van der Waals surface area (Å²) in [5.41, 5.74) is -0.253. The summed E-state index contributed by atoms with van der Waals surface area (Å²) in [6, 6.07) is 10.9. The second-order valence-electron chi connectivity index (χ2n) is 9.73. The fourth-order valence-corrected chi connectivity index (χ4v) is 6.53. The van der Waals surface area contributed by atoms with Gasteiger partial charge in [0.2, 0.25) is 17.7 Å². The van der Waals surface area contributed by atoms with Crippen molar-refractivity contribution >= 4 is 46.4 Å². The molecule has 0 unspecified atom stereocenters. The first-order chi connectivity index (χ1) is 18.5. The molecule has 3 heterocycles. The molecule has 2 aliphatic heterocycles. The van der Waals surface area contributed by atoms with E-state index >= 15 is 0 Å². The Bertz CT molecular complexity index is 1620. The molecule has 0 bridgehead atoms. The molecule has 3 aromatic rings. The summed E-state index contributed by atoms with van der Waals surface area (Å²) < 4.78 is 4.93. The van der Waals surface area contributed by atoms with E-state index in [4.69, 9.17) is 4.42 Å². The van der Waals surface area contributed by atoms with Crippen molar-refractivity contribution in [1.82, 2.24) is 20.1 Å². The Balaban J connectivity index is 0.00000370. The second-order valence-corrected chi connectivity index (χ2v) is 11.5. The van der Waals surface area contributed by atoms with Gasteiger partial charge in [-0.05, 0) is 31.5 Å². The SMILES string of the molecule is CC1(C)S[C@@H]2[C@H](NC(=O)[C@H](NC(=O)Cn3c(=O)oc4ccccc4c3=O)c3ccccc3)C(=O)N2[C@H]1C(=O)[O-].[Na+]. The van der Waals surface area contributed by atoms with Crippen molar-refractivity contribution in [2.75, 3.05) is 0 Å². The van der Waals surface area contributed by atoms with Crippen LogP contribution in [-0.2, 0) is 25.7 Å². The second kappa shape index (κ2) is 11.2. The number of fused-ring (bicyclic) bond motifs is 2. The largest absolute Gasteiger partial charge is 1.00 e. The van der Waals surface area contributed by atoms with Crippen LogP contribution in [0.25, 0.3) is 11.0 Å². The van der Waals surface area contributed by atoms with Crippen LogP contribution in [0.5, 0.6) is 0 Å². The molecule has 3 amide bonds.